The molecule has 0 aliphatic heterocycles. The summed E-state index contributed by atoms with van der Waals surface area (Å²) in [6.45, 7) is 3.31. The number of nitriles is 1. The van der Waals surface area contributed by atoms with Gasteiger partial charge in [-0.05, 0) is 19.9 Å². The van der Waals surface area contributed by atoms with Crippen LogP contribution in [0, 0.1) is 25.2 Å². The van der Waals surface area contributed by atoms with E-state index in [1.165, 1.54) is 6.92 Å². The van der Waals surface area contributed by atoms with Crippen LogP contribution in [0.2, 0.25) is 0 Å². The summed E-state index contributed by atoms with van der Waals surface area (Å²) in [5.41, 5.74) is 0.0423. The topological polar surface area (TPSA) is 53.8 Å². The van der Waals surface area contributed by atoms with E-state index in [1.54, 1.807) is 30.3 Å². The van der Waals surface area contributed by atoms with Crippen molar-refractivity contribution in [3.63, 3.8) is 0 Å². The molecular formula is C17H13F3N2OS. The van der Waals surface area contributed by atoms with E-state index in [9.17, 15) is 18.0 Å². The van der Waals surface area contributed by atoms with E-state index in [-0.39, 0.29) is 22.3 Å². The molecule has 1 heterocycles. The number of ketones is 1. The number of carbonyl (C=O) groups excluding carboxylic acids is 1. The standard InChI is InChI=1S/C17H13F3N2OS/c1-10-3-5-12(6-4-10)15(23)9-24-16-13(8-21)14(17(18,19)20)7-11(2)22-16/h3-7H,9H2,1-2H3. The largest absolute Gasteiger partial charge is 0.417 e. The van der Waals surface area contributed by atoms with E-state index in [0.717, 1.165) is 23.4 Å². The van der Waals surface area contributed by atoms with Gasteiger partial charge in [0.2, 0.25) is 0 Å². The van der Waals surface area contributed by atoms with Crippen molar-refractivity contribution < 1.29 is 18.0 Å². The van der Waals surface area contributed by atoms with Crippen molar-refractivity contribution in [1.29, 1.82) is 5.26 Å². The minimum Gasteiger partial charge on any atom is -0.293 e. The van der Waals surface area contributed by atoms with Crippen molar-refractivity contribution in [1.82, 2.24) is 4.98 Å². The number of alkyl halides is 3. The van der Waals surface area contributed by atoms with Gasteiger partial charge in [0.15, 0.2) is 5.78 Å². The number of benzene rings is 1. The zero-order chi connectivity index (χ0) is 17.9. The van der Waals surface area contributed by atoms with E-state index >= 15 is 0 Å². The Morgan fingerprint density at radius 2 is 1.88 bits per heavy atom. The summed E-state index contributed by atoms with van der Waals surface area (Å²) in [6.07, 6.45) is -4.64. The highest BCUT2D eigenvalue weighted by atomic mass is 32.2. The van der Waals surface area contributed by atoms with Crippen LogP contribution in [0.3, 0.4) is 0 Å². The summed E-state index contributed by atoms with van der Waals surface area (Å²) in [7, 11) is 0. The lowest BCUT2D eigenvalue weighted by molar-refractivity contribution is -0.138. The van der Waals surface area contributed by atoms with Gasteiger partial charge in [0.25, 0.3) is 0 Å². The van der Waals surface area contributed by atoms with Gasteiger partial charge >= 0.3 is 6.18 Å². The number of nitrogens with zero attached hydrogens (tertiary/aromatic N) is 2. The van der Waals surface area contributed by atoms with Gasteiger partial charge < -0.3 is 0 Å². The summed E-state index contributed by atoms with van der Waals surface area (Å²) in [5, 5.41) is 9.00. The van der Waals surface area contributed by atoms with Crippen LogP contribution in [0.4, 0.5) is 13.2 Å². The summed E-state index contributed by atoms with van der Waals surface area (Å²) in [4.78, 5) is 16.1. The van der Waals surface area contributed by atoms with Crippen LogP contribution >= 0.6 is 11.8 Å². The number of Topliss-reactive ketones (excluding diaryl/α,β-unsaturated/α-hetero) is 1. The molecule has 2 rings (SSSR count). The number of aromatic nitrogens is 1. The lowest BCUT2D eigenvalue weighted by Gasteiger charge is -2.12. The van der Waals surface area contributed by atoms with Crippen molar-refractivity contribution in [3.8, 4) is 6.07 Å². The maximum Gasteiger partial charge on any atom is 0.417 e. The minimum absolute atomic E-state index is 0.0784. The predicted molar refractivity (Wildman–Crippen MR) is 84.9 cm³/mol. The molecule has 24 heavy (non-hydrogen) atoms. The van der Waals surface area contributed by atoms with Gasteiger partial charge in [-0.2, -0.15) is 18.4 Å². The second-order valence-corrected chi connectivity index (χ2v) is 6.14. The number of carbonyl (C=O) groups is 1. The Labute approximate surface area is 141 Å². The van der Waals surface area contributed by atoms with Gasteiger partial charge in [-0.15, -0.1) is 0 Å². The number of aryl methyl sites for hydroxylation is 2. The molecule has 0 unspecified atom stereocenters. The Bertz CT molecular complexity index is 808. The molecule has 0 saturated carbocycles. The van der Waals surface area contributed by atoms with Crippen molar-refractivity contribution in [3.05, 3.63) is 58.3 Å². The molecule has 1 aromatic carbocycles. The Morgan fingerprint density at radius 1 is 1.25 bits per heavy atom. The van der Waals surface area contributed by atoms with Crippen LogP contribution in [-0.4, -0.2) is 16.5 Å². The Kier molecular flexibility index (Phi) is 5.30. The molecule has 2 aromatic rings. The molecule has 0 spiro atoms. The number of rotatable bonds is 4. The fraction of sp³-hybridized carbons (Fsp3) is 0.235. The number of pyridine rings is 1. The summed E-state index contributed by atoms with van der Waals surface area (Å²) < 4.78 is 39.1. The second-order valence-electron chi connectivity index (χ2n) is 5.18. The van der Waals surface area contributed by atoms with E-state index < -0.39 is 17.3 Å². The Hall–Kier alpha value is -2.33. The predicted octanol–water partition coefficient (Wildman–Crippen LogP) is 4.56. The minimum atomic E-state index is -4.64. The molecule has 124 valence electrons. The molecule has 0 aliphatic carbocycles. The zero-order valence-electron chi connectivity index (χ0n) is 12.9. The molecule has 0 amide bonds. The maximum absolute atomic E-state index is 13.0. The van der Waals surface area contributed by atoms with Crippen LogP contribution in [0.15, 0.2) is 35.4 Å². The average molecular weight is 350 g/mol. The first-order valence-corrected chi connectivity index (χ1v) is 7.92. The molecule has 0 N–H and O–H groups in total. The van der Waals surface area contributed by atoms with Crippen molar-refractivity contribution in [2.45, 2.75) is 25.0 Å². The fourth-order valence-electron chi connectivity index (χ4n) is 2.04. The highest BCUT2D eigenvalue weighted by Crippen LogP contribution is 2.35. The van der Waals surface area contributed by atoms with Gasteiger partial charge in [-0.3, -0.25) is 4.79 Å². The lowest BCUT2D eigenvalue weighted by atomic mass is 10.1. The summed E-state index contributed by atoms with van der Waals surface area (Å²) in [6, 6.07) is 9.28. The van der Waals surface area contributed by atoms with Gasteiger partial charge in [0.05, 0.1) is 16.9 Å². The molecule has 0 aliphatic rings. The molecular weight excluding hydrogens is 337 g/mol. The van der Waals surface area contributed by atoms with E-state index in [1.807, 2.05) is 6.92 Å². The third-order valence-electron chi connectivity index (χ3n) is 3.25. The summed E-state index contributed by atoms with van der Waals surface area (Å²) in [5.74, 6) is -0.327. The van der Waals surface area contributed by atoms with E-state index in [0.29, 0.717) is 5.56 Å². The summed E-state index contributed by atoms with van der Waals surface area (Å²) >= 11 is 0.840. The Balaban J connectivity index is 2.27. The second kappa shape index (κ2) is 7.05. The molecule has 0 bridgehead atoms. The van der Waals surface area contributed by atoms with Crippen molar-refractivity contribution in [2.24, 2.45) is 0 Å². The third-order valence-corrected chi connectivity index (χ3v) is 4.22. The molecule has 7 heteroatoms. The van der Waals surface area contributed by atoms with Crippen LogP contribution in [0.25, 0.3) is 0 Å². The highest BCUT2D eigenvalue weighted by Gasteiger charge is 2.35. The average Bonchev–Trinajstić information content (AvgIpc) is 2.51. The highest BCUT2D eigenvalue weighted by molar-refractivity contribution is 8.00. The normalized spacial score (nSPS) is 11.2. The fourth-order valence-corrected chi connectivity index (χ4v) is 2.98. The first-order valence-electron chi connectivity index (χ1n) is 6.94. The third kappa shape index (κ3) is 4.15. The molecule has 0 fully saturated rings. The lowest BCUT2D eigenvalue weighted by Crippen LogP contribution is -2.11. The van der Waals surface area contributed by atoms with Crippen LogP contribution < -0.4 is 0 Å². The van der Waals surface area contributed by atoms with Crippen LogP contribution in [0.1, 0.15) is 32.7 Å². The number of halogens is 3. The SMILES string of the molecule is Cc1ccc(C(=O)CSc2nc(C)cc(C(F)(F)F)c2C#N)cc1. The van der Waals surface area contributed by atoms with Crippen LogP contribution in [-0.2, 0) is 6.18 Å². The van der Waals surface area contributed by atoms with Crippen LogP contribution in [0.5, 0.6) is 0 Å². The van der Waals surface area contributed by atoms with E-state index in [4.69, 9.17) is 5.26 Å². The van der Waals surface area contributed by atoms with Gasteiger partial charge in [0, 0.05) is 11.3 Å². The molecule has 1 aromatic heterocycles. The number of hydrogen-bond acceptors (Lipinski definition) is 4. The van der Waals surface area contributed by atoms with Gasteiger partial charge in [-0.25, -0.2) is 4.98 Å². The van der Waals surface area contributed by atoms with Crippen molar-refractivity contribution >= 4 is 17.5 Å². The van der Waals surface area contributed by atoms with E-state index in [2.05, 4.69) is 4.98 Å². The first kappa shape index (κ1) is 18.0. The quantitative estimate of drug-likeness (QED) is 0.599. The molecule has 0 radical (unpaired) electrons. The number of hydrogen-bond donors (Lipinski definition) is 0. The van der Waals surface area contributed by atoms with Crippen molar-refractivity contribution in [2.75, 3.05) is 5.75 Å². The Morgan fingerprint density at radius 3 is 2.42 bits per heavy atom. The molecule has 0 atom stereocenters. The maximum atomic E-state index is 13.0. The molecule has 0 saturated heterocycles. The van der Waals surface area contributed by atoms with Gasteiger partial charge in [-0.1, -0.05) is 41.6 Å². The monoisotopic (exact) mass is 350 g/mol. The smallest absolute Gasteiger partial charge is 0.293 e. The molecule has 3 nitrogen and oxygen atoms in total. The van der Waals surface area contributed by atoms with Gasteiger partial charge in [0.1, 0.15) is 11.1 Å². The first-order chi connectivity index (χ1) is 11.2. The number of thioether (sulfide) groups is 1. The zero-order valence-corrected chi connectivity index (χ0v) is 13.8.